The number of aliphatic hydroxyl groups is 1. The highest BCUT2D eigenvalue weighted by Crippen LogP contribution is 2.04. The van der Waals surface area contributed by atoms with Crippen molar-refractivity contribution in [3.8, 4) is 0 Å². The normalized spacial score (nSPS) is 14.2. The zero-order valence-corrected chi connectivity index (χ0v) is 17.9. The van der Waals surface area contributed by atoms with Crippen LogP contribution in [0.2, 0.25) is 0 Å². The minimum atomic E-state index is -1.56. The van der Waals surface area contributed by atoms with Crippen LogP contribution in [0.25, 0.3) is 0 Å². The van der Waals surface area contributed by atoms with Crippen molar-refractivity contribution >= 4 is 35.6 Å². The van der Waals surface area contributed by atoms with E-state index in [-0.39, 0.29) is 6.42 Å². The summed E-state index contributed by atoms with van der Waals surface area (Å²) in [5, 5.41) is 33.6. The second-order valence-electron chi connectivity index (χ2n) is 7.19. The number of aromatic nitrogens is 2. The highest BCUT2D eigenvalue weighted by molar-refractivity contribution is 5.96. The molecule has 0 bridgehead atoms. The van der Waals surface area contributed by atoms with Crippen molar-refractivity contribution in [2.45, 2.75) is 49.9 Å². The lowest BCUT2D eigenvalue weighted by molar-refractivity contribution is -0.143. The maximum absolute atomic E-state index is 12.8. The van der Waals surface area contributed by atoms with E-state index in [9.17, 15) is 33.9 Å². The van der Waals surface area contributed by atoms with Gasteiger partial charge in [0.2, 0.25) is 23.6 Å². The Kier molecular flexibility index (Phi) is 11.1. The van der Waals surface area contributed by atoms with Crippen molar-refractivity contribution in [3.05, 3.63) is 18.2 Å². The van der Waals surface area contributed by atoms with Gasteiger partial charge in [-0.1, -0.05) is 0 Å². The molecule has 0 saturated carbocycles. The molecule has 4 atom stereocenters. The third-order valence-electron chi connectivity index (χ3n) is 4.45. The van der Waals surface area contributed by atoms with Gasteiger partial charge in [0.25, 0.3) is 0 Å². The van der Waals surface area contributed by atoms with E-state index in [2.05, 4.69) is 25.9 Å². The van der Waals surface area contributed by atoms with E-state index in [1.807, 2.05) is 0 Å². The molecule has 34 heavy (non-hydrogen) atoms. The number of aliphatic hydroxyl groups excluding tert-OH is 1. The Labute approximate surface area is 192 Å². The van der Waals surface area contributed by atoms with Crippen molar-refractivity contribution in [1.82, 2.24) is 25.9 Å². The van der Waals surface area contributed by atoms with Crippen molar-refractivity contribution < 1.29 is 44.1 Å². The van der Waals surface area contributed by atoms with Crippen molar-refractivity contribution in [1.29, 1.82) is 0 Å². The number of imidazole rings is 1. The van der Waals surface area contributed by atoms with Crippen LogP contribution in [0.3, 0.4) is 0 Å². The molecular formula is C18H27N7O9. The molecule has 16 nitrogen and oxygen atoms in total. The molecule has 1 aromatic rings. The minimum absolute atomic E-state index is 0.198. The topological polar surface area (TPSA) is 280 Å². The molecule has 11 N–H and O–H groups in total. The summed E-state index contributed by atoms with van der Waals surface area (Å²) in [6.07, 6.45) is 0.827. The van der Waals surface area contributed by atoms with Crippen LogP contribution in [0.5, 0.6) is 0 Å². The van der Waals surface area contributed by atoms with Gasteiger partial charge in [0, 0.05) is 24.7 Å². The molecule has 0 aliphatic carbocycles. The second-order valence-corrected chi connectivity index (χ2v) is 7.19. The number of nitrogens with two attached hydrogens (primary N) is 2. The van der Waals surface area contributed by atoms with Gasteiger partial charge < -0.3 is 47.7 Å². The largest absolute Gasteiger partial charge is 0.481 e. The predicted octanol–water partition coefficient (Wildman–Crippen LogP) is -4.45. The Balaban J connectivity index is 3.06. The number of rotatable bonds is 15. The van der Waals surface area contributed by atoms with Crippen LogP contribution in [0.15, 0.2) is 12.5 Å². The van der Waals surface area contributed by atoms with Gasteiger partial charge in [0.15, 0.2) is 0 Å². The number of primary amides is 1. The van der Waals surface area contributed by atoms with Gasteiger partial charge in [0.1, 0.15) is 24.2 Å². The number of H-pyrrole nitrogens is 1. The van der Waals surface area contributed by atoms with Gasteiger partial charge >= 0.3 is 11.9 Å². The van der Waals surface area contributed by atoms with Gasteiger partial charge in [-0.25, -0.2) is 9.78 Å². The second kappa shape index (κ2) is 13.5. The third kappa shape index (κ3) is 9.61. The molecule has 0 fully saturated rings. The first-order valence-corrected chi connectivity index (χ1v) is 9.92. The number of nitrogens with one attached hydrogen (secondary N) is 4. The van der Waals surface area contributed by atoms with Crippen LogP contribution in [-0.2, 0) is 35.2 Å². The van der Waals surface area contributed by atoms with E-state index in [0.29, 0.717) is 5.69 Å². The first-order chi connectivity index (χ1) is 15.9. The smallest absolute Gasteiger partial charge is 0.326 e. The van der Waals surface area contributed by atoms with E-state index in [1.165, 1.54) is 12.5 Å². The maximum Gasteiger partial charge on any atom is 0.326 e. The maximum atomic E-state index is 12.8. The number of hydrogen-bond acceptors (Lipinski definition) is 9. The molecule has 188 valence electrons. The SMILES string of the molecule is NC(=O)CC(NC(=O)C(N)CO)C(=O)NC(Cc1cnc[nH]1)C(=O)NC(CCC(=O)O)C(=O)O. The third-order valence-corrected chi connectivity index (χ3v) is 4.45. The lowest BCUT2D eigenvalue weighted by atomic mass is 10.1. The van der Waals surface area contributed by atoms with Crippen LogP contribution >= 0.6 is 0 Å². The Morgan fingerprint density at radius 1 is 0.971 bits per heavy atom. The molecule has 0 aliphatic rings. The number of amides is 4. The summed E-state index contributed by atoms with van der Waals surface area (Å²) in [4.78, 5) is 77.5. The molecule has 16 heteroatoms. The van der Waals surface area contributed by atoms with Crippen LogP contribution in [0.1, 0.15) is 25.0 Å². The van der Waals surface area contributed by atoms with Gasteiger partial charge in [-0.15, -0.1) is 0 Å². The van der Waals surface area contributed by atoms with Gasteiger partial charge in [-0.2, -0.15) is 0 Å². The number of carbonyl (C=O) groups is 6. The molecule has 1 rings (SSSR count). The summed E-state index contributed by atoms with van der Waals surface area (Å²) in [7, 11) is 0. The summed E-state index contributed by atoms with van der Waals surface area (Å²) in [5.74, 6) is -6.68. The fraction of sp³-hybridized carbons (Fsp3) is 0.500. The number of carbonyl (C=O) groups excluding carboxylic acids is 4. The molecule has 0 spiro atoms. The van der Waals surface area contributed by atoms with Gasteiger partial charge in [-0.05, 0) is 6.42 Å². The summed E-state index contributed by atoms with van der Waals surface area (Å²) < 4.78 is 0. The molecule has 1 heterocycles. The monoisotopic (exact) mass is 485 g/mol. The van der Waals surface area contributed by atoms with Crippen molar-refractivity contribution in [2.24, 2.45) is 11.5 Å². The van der Waals surface area contributed by atoms with Crippen molar-refractivity contribution in [2.75, 3.05) is 6.61 Å². The molecule has 0 saturated heterocycles. The Bertz CT molecular complexity index is 890. The number of hydrogen-bond donors (Lipinski definition) is 9. The Morgan fingerprint density at radius 3 is 2.06 bits per heavy atom. The first kappa shape index (κ1) is 28.0. The number of aromatic amines is 1. The standard InChI is InChI=1S/C18H27N7O9/c19-9(6-26)15(30)24-12(4-13(20)27)17(32)25-11(3-8-5-21-7-22-8)16(31)23-10(18(33)34)1-2-14(28)29/h5,7,9-12,26H,1-4,6,19H2,(H2,20,27)(H,21,22)(H,23,31)(H,24,30)(H,25,32)(H,28,29)(H,33,34). The lowest BCUT2D eigenvalue weighted by Gasteiger charge is -2.24. The summed E-state index contributed by atoms with van der Waals surface area (Å²) in [6.45, 7) is -0.742. The van der Waals surface area contributed by atoms with E-state index in [4.69, 9.17) is 21.7 Å². The fourth-order valence-corrected chi connectivity index (χ4v) is 2.67. The highest BCUT2D eigenvalue weighted by atomic mass is 16.4. The minimum Gasteiger partial charge on any atom is -0.481 e. The van der Waals surface area contributed by atoms with Crippen LogP contribution in [0.4, 0.5) is 0 Å². The molecule has 0 aliphatic heterocycles. The number of nitrogens with zero attached hydrogens (tertiary/aromatic N) is 1. The van der Waals surface area contributed by atoms with Crippen molar-refractivity contribution in [3.63, 3.8) is 0 Å². The van der Waals surface area contributed by atoms with E-state index < -0.39 is 85.6 Å². The average Bonchev–Trinajstić information content (AvgIpc) is 3.27. The highest BCUT2D eigenvalue weighted by Gasteiger charge is 2.31. The number of aliphatic carboxylic acids is 2. The molecule has 1 aromatic heterocycles. The molecule has 0 radical (unpaired) electrons. The van der Waals surface area contributed by atoms with Crippen LogP contribution in [0, 0.1) is 0 Å². The molecular weight excluding hydrogens is 458 g/mol. The summed E-state index contributed by atoms with van der Waals surface area (Å²) >= 11 is 0. The van der Waals surface area contributed by atoms with E-state index in [0.717, 1.165) is 0 Å². The van der Waals surface area contributed by atoms with Crippen LogP contribution < -0.4 is 27.4 Å². The van der Waals surface area contributed by atoms with Crippen LogP contribution in [-0.4, -0.2) is 91.6 Å². The average molecular weight is 485 g/mol. The zero-order chi connectivity index (χ0) is 25.8. The lowest BCUT2D eigenvalue weighted by Crippen LogP contribution is -2.58. The Morgan fingerprint density at radius 2 is 1.56 bits per heavy atom. The summed E-state index contributed by atoms with van der Waals surface area (Å²) in [5.41, 5.74) is 10.9. The van der Waals surface area contributed by atoms with E-state index in [1.54, 1.807) is 0 Å². The zero-order valence-electron chi connectivity index (χ0n) is 17.9. The summed E-state index contributed by atoms with van der Waals surface area (Å²) in [6, 6.07) is -5.92. The Hall–Kier alpha value is -4.05. The molecule has 4 unspecified atom stereocenters. The predicted molar refractivity (Wildman–Crippen MR) is 111 cm³/mol. The van der Waals surface area contributed by atoms with Gasteiger partial charge in [-0.3, -0.25) is 24.0 Å². The fourth-order valence-electron chi connectivity index (χ4n) is 2.67. The number of carboxylic acids is 2. The molecule has 0 aromatic carbocycles. The number of carboxylic acid groups (broad SMARTS) is 2. The first-order valence-electron chi connectivity index (χ1n) is 9.92. The van der Waals surface area contributed by atoms with E-state index >= 15 is 0 Å². The van der Waals surface area contributed by atoms with Gasteiger partial charge in [0.05, 0.1) is 19.4 Å². The molecule has 4 amide bonds. The quantitative estimate of drug-likeness (QED) is 0.114.